The van der Waals surface area contributed by atoms with Crippen LogP contribution < -0.4 is 20.9 Å². The molecule has 1 saturated heterocycles. The predicted molar refractivity (Wildman–Crippen MR) is 147 cm³/mol. The van der Waals surface area contributed by atoms with Gasteiger partial charge in [0.25, 0.3) is 10.7 Å². The molecule has 1 aromatic carbocycles. The number of benzene rings is 1. The molecule has 0 bridgehead atoms. The third kappa shape index (κ3) is 5.68. The molecule has 41 heavy (non-hydrogen) atoms. The van der Waals surface area contributed by atoms with Crippen LogP contribution in [0, 0.1) is 0 Å². The van der Waals surface area contributed by atoms with Crippen molar-refractivity contribution in [3.8, 4) is 5.75 Å². The molecule has 1 saturated carbocycles. The van der Waals surface area contributed by atoms with E-state index >= 15 is 4.39 Å². The highest BCUT2D eigenvalue weighted by atomic mass is 35.5. The summed E-state index contributed by atoms with van der Waals surface area (Å²) in [4.78, 5) is 42.3. The van der Waals surface area contributed by atoms with E-state index in [4.69, 9.17) is 30.1 Å². The summed E-state index contributed by atoms with van der Waals surface area (Å²) in [5, 5.41) is 10.4. The van der Waals surface area contributed by atoms with E-state index in [-0.39, 0.29) is 5.75 Å². The zero-order valence-corrected chi connectivity index (χ0v) is 24.1. The fourth-order valence-corrected chi connectivity index (χ4v) is 6.43. The Labute approximate surface area is 238 Å². The number of carbonyl (C=O) groups excluding carboxylic acids is 1. The Balaban J connectivity index is 1.66. The lowest BCUT2D eigenvalue weighted by Crippen LogP contribution is -2.47. The van der Waals surface area contributed by atoms with Crippen molar-refractivity contribution in [2.24, 2.45) is 4.99 Å². The molecular weight excluding hydrogens is 586 g/mol. The van der Waals surface area contributed by atoms with Crippen LogP contribution >= 0.6 is 19.3 Å². The number of H-pyrrole nitrogens is 1. The van der Waals surface area contributed by atoms with Crippen molar-refractivity contribution in [1.29, 1.82) is 0 Å². The molecule has 1 aliphatic carbocycles. The number of esters is 1. The highest BCUT2D eigenvalue weighted by Gasteiger charge is 2.87. The largest absolute Gasteiger partial charge is 0.462 e. The standard InChI is InChI=1S/C25H29ClFN4O9P/c1-6-15-16(28-7-2)9-8-10-17(15)39-41(36,30-14(5)21(33)37-13(3)4)40-20-19-24(20,35)25(26,27)22(38-19)31-12-11-18(32)29-23(31)34/h6-14,19-20,22,35H,1H2,2-5H3,(H,30,36)(H,29,32,34)/b28-7-/t14-,19+,20?,22+,24-,25-,41?/m0/s1. The van der Waals surface area contributed by atoms with Gasteiger partial charge < -0.3 is 19.1 Å². The van der Waals surface area contributed by atoms with Crippen molar-refractivity contribution in [3.63, 3.8) is 0 Å². The molecular formula is C25H29ClFN4O9P. The molecule has 2 aliphatic rings. The maximum Gasteiger partial charge on any atom is 0.459 e. The van der Waals surface area contributed by atoms with E-state index in [1.165, 1.54) is 25.3 Å². The Bertz CT molecular complexity index is 1540. The number of ether oxygens (including phenoxy) is 2. The van der Waals surface area contributed by atoms with Crippen molar-refractivity contribution < 1.29 is 37.4 Å². The summed E-state index contributed by atoms with van der Waals surface area (Å²) in [5.74, 6) is -0.807. The predicted octanol–water partition coefficient (Wildman–Crippen LogP) is 2.95. The molecule has 0 radical (unpaired) electrons. The number of carbonyl (C=O) groups is 1. The van der Waals surface area contributed by atoms with E-state index in [2.05, 4.69) is 16.7 Å². The molecule has 3 N–H and O–H groups in total. The molecule has 7 atom stereocenters. The van der Waals surface area contributed by atoms with Gasteiger partial charge in [-0.05, 0) is 39.8 Å². The topological polar surface area (TPSA) is 171 Å². The van der Waals surface area contributed by atoms with Gasteiger partial charge >= 0.3 is 19.4 Å². The molecule has 0 spiro atoms. The smallest absolute Gasteiger partial charge is 0.459 e. The molecule has 16 heteroatoms. The molecule has 2 heterocycles. The van der Waals surface area contributed by atoms with Crippen LogP contribution in [0.25, 0.3) is 6.08 Å². The Hall–Kier alpha value is -3.13. The molecule has 4 rings (SSSR count). The average molecular weight is 615 g/mol. The first-order valence-electron chi connectivity index (χ1n) is 12.5. The number of hydrogen-bond acceptors (Lipinski definition) is 10. The minimum Gasteiger partial charge on any atom is -0.462 e. The second kappa shape index (κ2) is 11.3. The first-order valence-corrected chi connectivity index (χ1v) is 14.4. The lowest BCUT2D eigenvalue weighted by molar-refractivity contribution is -0.149. The van der Waals surface area contributed by atoms with Gasteiger partial charge in [0.05, 0.1) is 11.8 Å². The third-order valence-electron chi connectivity index (χ3n) is 6.30. The van der Waals surface area contributed by atoms with Crippen LogP contribution in [0.1, 0.15) is 39.5 Å². The van der Waals surface area contributed by atoms with Crippen molar-refractivity contribution in [2.75, 3.05) is 0 Å². The van der Waals surface area contributed by atoms with Gasteiger partial charge in [0, 0.05) is 24.0 Å². The molecule has 2 aromatic rings. The van der Waals surface area contributed by atoms with Crippen molar-refractivity contribution >= 4 is 43.3 Å². The minimum absolute atomic E-state index is 0.0165. The van der Waals surface area contributed by atoms with Crippen molar-refractivity contribution in [1.82, 2.24) is 14.6 Å². The van der Waals surface area contributed by atoms with E-state index in [0.717, 1.165) is 12.3 Å². The van der Waals surface area contributed by atoms with E-state index in [1.807, 2.05) is 4.98 Å². The van der Waals surface area contributed by atoms with Gasteiger partial charge in [-0.25, -0.2) is 13.8 Å². The van der Waals surface area contributed by atoms with E-state index in [1.54, 1.807) is 32.9 Å². The van der Waals surface area contributed by atoms with Crippen LogP contribution in [0.4, 0.5) is 10.1 Å². The maximum absolute atomic E-state index is 15.9. The van der Waals surface area contributed by atoms with Gasteiger partial charge in [-0.15, -0.1) is 0 Å². The number of rotatable bonds is 11. The number of aromatic amines is 1. The highest BCUT2D eigenvalue weighted by molar-refractivity contribution is 7.52. The summed E-state index contributed by atoms with van der Waals surface area (Å²) in [6, 6.07) is 4.35. The summed E-state index contributed by atoms with van der Waals surface area (Å²) >= 11 is 6.09. The van der Waals surface area contributed by atoms with Gasteiger partial charge in [-0.3, -0.25) is 28.7 Å². The molecule has 1 aromatic heterocycles. The Morgan fingerprint density at radius 2 is 2.07 bits per heavy atom. The second-order valence-corrected chi connectivity index (χ2v) is 11.8. The van der Waals surface area contributed by atoms with E-state index < -0.39 is 66.3 Å². The fourth-order valence-electron chi connectivity index (χ4n) is 4.33. The summed E-state index contributed by atoms with van der Waals surface area (Å²) in [6.07, 6.45) is -1.67. The Morgan fingerprint density at radius 1 is 1.37 bits per heavy atom. The van der Waals surface area contributed by atoms with Crippen LogP contribution in [0.15, 0.2) is 51.6 Å². The van der Waals surface area contributed by atoms with Gasteiger partial charge in [-0.2, -0.15) is 5.09 Å². The van der Waals surface area contributed by atoms with Crippen LogP contribution in [-0.2, 0) is 23.4 Å². The lowest BCUT2D eigenvalue weighted by Gasteiger charge is -2.30. The third-order valence-corrected chi connectivity index (χ3v) is 8.43. The molecule has 1 aliphatic heterocycles. The van der Waals surface area contributed by atoms with Gasteiger partial charge in [0.15, 0.2) is 11.8 Å². The van der Waals surface area contributed by atoms with Crippen molar-refractivity contribution in [2.45, 2.75) is 69.0 Å². The van der Waals surface area contributed by atoms with Crippen LogP contribution in [0.5, 0.6) is 5.75 Å². The number of nitrogens with zero attached hydrogens (tertiary/aromatic N) is 2. The number of aliphatic hydroxyl groups is 1. The highest BCUT2D eigenvalue weighted by Crippen LogP contribution is 2.67. The van der Waals surface area contributed by atoms with E-state index in [9.17, 15) is 24.1 Å². The Morgan fingerprint density at radius 3 is 2.63 bits per heavy atom. The summed E-state index contributed by atoms with van der Waals surface area (Å²) in [5.41, 5.74) is -3.63. The maximum atomic E-state index is 15.9. The van der Waals surface area contributed by atoms with Gasteiger partial charge in [0.1, 0.15) is 24.0 Å². The normalized spacial score (nSPS) is 29.1. The molecule has 2 unspecified atom stereocenters. The number of aromatic nitrogens is 2. The Kier molecular flexibility index (Phi) is 8.47. The zero-order chi connectivity index (χ0) is 30.3. The average Bonchev–Trinajstić information content (AvgIpc) is 3.36. The molecule has 0 amide bonds. The van der Waals surface area contributed by atoms with Crippen molar-refractivity contribution in [3.05, 3.63) is 63.4 Å². The SMILES string of the molecule is C=Cc1c(/N=C\C)cccc1OP(=O)(N[C@@H](C)C(=O)OC(C)C)OC1[C@H]2O[C@@H](n3ccc(=O)[nH]c3=O)[C@@](F)(Cl)[C@@]12O. The van der Waals surface area contributed by atoms with Gasteiger partial charge in [-0.1, -0.05) is 30.3 Å². The number of hydrogen-bond donors (Lipinski definition) is 3. The summed E-state index contributed by atoms with van der Waals surface area (Å²) < 4.78 is 52.7. The number of halogens is 2. The minimum atomic E-state index is -4.66. The first kappa shape index (κ1) is 30.8. The number of fused-ring (bicyclic) bond motifs is 1. The van der Waals surface area contributed by atoms with Gasteiger partial charge in [0.2, 0.25) is 0 Å². The lowest BCUT2D eigenvalue weighted by atomic mass is 10.1. The monoisotopic (exact) mass is 614 g/mol. The molecule has 2 fully saturated rings. The summed E-state index contributed by atoms with van der Waals surface area (Å²) in [6.45, 7) is 10.0. The van der Waals surface area contributed by atoms with Crippen LogP contribution in [0.2, 0.25) is 0 Å². The van der Waals surface area contributed by atoms with Crippen LogP contribution in [-0.4, -0.2) is 61.9 Å². The number of nitrogens with one attached hydrogen (secondary N) is 2. The summed E-state index contributed by atoms with van der Waals surface area (Å²) in [7, 11) is -4.66. The fraction of sp³-hybridized carbons (Fsp3) is 0.440. The zero-order valence-electron chi connectivity index (χ0n) is 22.4. The first-order chi connectivity index (χ1) is 19.2. The quantitative estimate of drug-likeness (QED) is 0.148. The van der Waals surface area contributed by atoms with Crippen LogP contribution in [0.3, 0.4) is 0 Å². The number of aliphatic imine (C=N–C) groups is 1. The second-order valence-electron chi connectivity index (χ2n) is 9.61. The van der Waals surface area contributed by atoms with E-state index in [0.29, 0.717) is 15.8 Å². The molecule has 222 valence electrons. The molecule has 13 nitrogen and oxygen atoms in total. The number of alkyl halides is 2.